The van der Waals surface area contributed by atoms with Crippen LogP contribution in [0, 0.1) is 13.8 Å². The number of aliphatic hydroxyl groups excluding tert-OH is 1. The molecule has 0 saturated heterocycles. The predicted molar refractivity (Wildman–Crippen MR) is 95.6 cm³/mol. The van der Waals surface area contributed by atoms with E-state index in [1.54, 1.807) is 0 Å². The van der Waals surface area contributed by atoms with Gasteiger partial charge in [-0.2, -0.15) is 0 Å². The molecule has 0 unspecified atom stereocenters. The third kappa shape index (κ3) is 3.46. The lowest BCUT2D eigenvalue weighted by atomic mass is 10.2. The highest BCUT2D eigenvalue weighted by Gasteiger charge is 2.13. The van der Waals surface area contributed by atoms with Crippen molar-refractivity contribution in [2.24, 2.45) is 0 Å². The van der Waals surface area contributed by atoms with Crippen LogP contribution in [0.5, 0.6) is 0 Å². The molecule has 3 nitrogen and oxygen atoms in total. The Morgan fingerprint density at radius 1 is 1.00 bits per heavy atom. The van der Waals surface area contributed by atoms with Crippen LogP contribution in [0.1, 0.15) is 16.8 Å². The lowest BCUT2D eigenvalue weighted by Crippen LogP contribution is -2.30. The third-order valence-electron chi connectivity index (χ3n) is 4.49. The van der Waals surface area contributed by atoms with Gasteiger partial charge in [0.25, 0.3) is 0 Å². The van der Waals surface area contributed by atoms with Gasteiger partial charge in [-0.05, 0) is 31.0 Å². The molecule has 0 fully saturated rings. The summed E-state index contributed by atoms with van der Waals surface area (Å²) in [5.41, 5.74) is 4.96. The predicted octanol–water partition coefficient (Wildman–Crippen LogP) is 3.41. The van der Waals surface area contributed by atoms with Gasteiger partial charge in [-0.15, -0.1) is 0 Å². The first-order chi connectivity index (χ1) is 11.2. The molecule has 3 rings (SSSR count). The highest BCUT2D eigenvalue weighted by Crippen LogP contribution is 2.25. The second kappa shape index (κ2) is 6.99. The Kier molecular flexibility index (Phi) is 4.79. The molecule has 1 aromatic heterocycles. The minimum absolute atomic E-state index is 0.410. The molecule has 3 aromatic rings. The molecular weight excluding hydrogens is 284 g/mol. The van der Waals surface area contributed by atoms with Crippen molar-refractivity contribution in [1.82, 2.24) is 9.88 Å². The lowest BCUT2D eigenvalue weighted by Gasteiger charge is -2.15. The minimum Gasteiger partial charge on any atom is -0.390 e. The highest BCUT2D eigenvalue weighted by molar-refractivity contribution is 5.85. The summed E-state index contributed by atoms with van der Waals surface area (Å²) < 4.78 is 2.22. The molecule has 0 saturated carbocycles. The molecule has 1 atom stereocenters. The number of nitrogens with one attached hydrogen (secondary N) is 1. The van der Waals surface area contributed by atoms with E-state index in [4.69, 9.17) is 0 Å². The SMILES string of the molecule is Cc1c(C)n(C[C@H](O)CNCc2ccccc2)c2ccccc12. The van der Waals surface area contributed by atoms with Crippen LogP contribution >= 0.6 is 0 Å². The summed E-state index contributed by atoms with van der Waals surface area (Å²) in [6.07, 6.45) is -0.410. The average molecular weight is 308 g/mol. The fourth-order valence-corrected chi connectivity index (χ4v) is 3.09. The molecule has 0 spiro atoms. The third-order valence-corrected chi connectivity index (χ3v) is 4.49. The molecule has 0 aliphatic carbocycles. The number of hydrogen-bond acceptors (Lipinski definition) is 2. The maximum atomic E-state index is 10.4. The van der Waals surface area contributed by atoms with E-state index in [0.29, 0.717) is 13.1 Å². The Hall–Kier alpha value is -2.10. The number of aromatic nitrogens is 1. The molecule has 0 radical (unpaired) electrons. The molecule has 23 heavy (non-hydrogen) atoms. The van der Waals surface area contributed by atoms with Gasteiger partial charge in [0.15, 0.2) is 0 Å². The smallest absolute Gasteiger partial charge is 0.0843 e. The fourth-order valence-electron chi connectivity index (χ4n) is 3.09. The van der Waals surface area contributed by atoms with Gasteiger partial charge in [-0.3, -0.25) is 0 Å². The zero-order valence-corrected chi connectivity index (χ0v) is 13.8. The molecule has 0 aliphatic rings. The van der Waals surface area contributed by atoms with Crippen molar-refractivity contribution >= 4 is 10.9 Å². The Labute approximate surface area is 137 Å². The van der Waals surface area contributed by atoms with Crippen molar-refractivity contribution in [1.29, 1.82) is 0 Å². The molecule has 2 aromatic carbocycles. The summed E-state index contributed by atoms with van der Waals surface area (Å²) in [5, 5.41) is 15.0. The zero-order valence-electron chi connectivity index (χ0n) is 13.8. The molecule has 3 heteroatoms. The summed E-state index contributed by atoms with van der Waals surface area (Å²) in [6.45, 7) is 6.25. The van der Waals surface area contributed by atoms with Crippen LogP contribution in [0.4, 0.5) is 0 Å². The van der Waals surface area contributed by atoms with Gasteiger partial charge in [0.05, 0.1) is 12.6 Å². The van der Waals surface area contributed by atoms with Crippen LogP contribution in [-0.4, -0.2) is 22.3 Å². The van der Waals surface area contributed by atoms with Gasteiger partial charge < -0.3 is 15.0 Å². The van der Waals surface area contributed by atoms with Gasteiger partial charge >= 0.3 is 0 Å². The summed E-state index contributed by atoms with van der Waals surface area (Å²) >= 11 is 0. The second-order valence-corrected chi connectivity index (χ2v) is 6.11. The Morgan fingerprint density at radius 2 is 1.70 bits per heavy atom. The number of nitrogens with zero attached hydrogens (tertiary/aromatic N) is 1. The summed E-state index contributed by atoms with van der Waals surface area (Å²) in [5.74, 6) is 0. The average Bonchev–Trinajstić information content (AvgIpc) is 2.81. The molecular formula is C20H24N2O. The van der Waals surface area contributed by atoms with Crippen LogP contribution in [0.15, 0.2) is 54.6 Å². The molecule has 120 valence electrons. The van der Waals surface area contributed by atoms with Gasteiger partial charge in [0.2, 0.25) is 0 Å². The molecule has 1 heterocycles. The fraction of sp³-hybridized carbons (Fsp3) is 0.300. The van der Waals surface area contributed by atoms with Gasteiger partial charge in [0.1, 0.15) is 0 Å². The number of rotatable bonds is 6. The van der Waals surface area contributed by atoms with Crippen LogP contribution < -0.4 is 5.32 Å². The number of aryl methyl sites for hydroxylation is 1. The minimum atomic E-state index is -0.410. The van der Waals surface area contributed by atoms with E-state index < -0.39 is 6.10 Å². The van der Waals surface area contributed by atoms with Crippen molar-refractivity contribution in [3.05, 3.63) is 71.4 Å². The van der Waals surface area contributed by atoms with E-state index in [2.05, 4.69) is 60.1 Å². The van der Waals surface area contributed by atoms with Crippen molar-refractivity contribution in [3.63, 3.8) is 0 Å². The number of para-hydroxylation sites is 1. The van der Waals surface area contributed by atoms with Crippen molar-refractivity contribution in [2.75, 3.05) is 6.54 Å². The van der Waals surface area contributed by atoms with E-state index in [-0.39, 0.29) is 0 Å². The van der Waals surface area contributed by atoms with E-state index in [1.165, 1.54) is 27.7 Å². The summed E-state index contributed by atoms with van der Waals surface area (Å²) in [7, 11) is 0. The van der Waals surface area contributed by atoms with Crippen molar-refractivity contribution in [2.45, 2.75) is 33.0 Å². The standard InChI is InChI=1S/C20H24N2O/c1-15-16(2)22(20-11-7-6-10-19(15)20)14-18(23)13-21-12-17-8-4-3-5-9-17/h3-11,18,21,23H,12-14H2,1-2H3/t18-/m1/s1. The molecule has 0 amide bonds. The maximum absolute atomic E-state index is 10.4. The van der Waals surface area contributed by atoms with E-state index >= 15 is 0 Å². The molecule has 0 aliphatic heterocycles. The first kappa shape index (κ1) is 15.8. The summed E-state index contributed by atoms with van der Waals surface area (Å²) in [6, 6.07) is 18.7. The van der Waals surface area contributed by atoms with E-state index in [0.717, 1.165) is 6.54 Å². The number of aliphatic hydroxyl groups is 1. The Balaban J connectivity index is 1.64. The van der Waals surface area contributed by atoms with Crippen LogP contribution in [0.2, 0.25) is 0 Å². The topological polar surface area (TPSA) is 37.2 Å². The zero-order chi connectivity index (χ0) is 16.2. The van der Waals surface area contributed by atoms with Crippen LogP contribution in [-0.2, 0) is 13.1 Å². The normalized spacial score (nSPS) is 12.7. The Bertz CT molecular complexity index is 777. The largest absolute Gasteiger partial charge is 0.390 e. The molecule has 0 bridgehead atoms. The molecule has 2 N–H and O–H groups in total. The maximum Gasteiger partial charge on any atom is 0.0843 e. The number of fused-ring (bicyclic) bond motifs is 1. The Morgan fingerprint density at radius 3 is 2.48 bits per heavy atom. The van der Waals surface area contributed by atoms with Crippen LogP contribution in [0.25, 0.3) is 10.9 Å². The quantitative estimate of drug-likeness (QED) is 0.732. The highest BCUT2D eigenvalue weighted by atomic mass is 16.3. The van der Waals surface area contributed by atoms with E-state index in [9.17, 15) is 5.11 Å². The second-order valence-electron chi connectivity index (χ2n) is 6.11. The number of benzene rings is 2. The number of hydrogen-bond donors (Lipinski definition) is 2. The first-order valence-electron chi connectivity index (χ1n) is 8.14. The van der Waals surface area contributed by atoms with Gasteiger partial charge in [-0.1, -0.05) is 48.5 Å². The lowest BCUT2D eigenvalue weighted by molar-refractivity contribution is 0.152. The summed E-state index contributed by atoms with van der Waals surface area (Å²) in [4.78, 5) is 0. The monoisotopic (exact) mass is 308 g/mol. The van der Waals surface area contributed by atoms with Gasteiger partial charge in [-0.25, -0.2) is 0 Å². The first-order valence-corrected chi connectivity index (χ1v) is 8.14. The van der Waals surface area contributed by atoms with Crippen molar-refractivity contribution in [3.8, 4) is 0 Å². The van der Waals surface area contributed by atoms with E-state index in [1.807, 2.05) is 18.2 Å². The van der Waals surface area contributed by atoms with Crippen molar-refractivity contribution < 1.29 is 5.11 Å². The van der Waals surface area contributed by atoms with Gasteiger partial charge in [0, 0.05) is 29.7 Å². The van der Waals surface area contributed by atoms with Crippen LogP contribution in [0.3, 0.4) is 0 Å².